The Kier molecular flexibility index (Phi) is 16.1. The molecule has 0 aliphatic rings. The number of hydrogen-bond acceptors (Lipinski definition) is 9. The number of aromatic hydroxyl groups is 2. The Bertz CT molecular complexity index is 1960. The van der Waals surface area contributed by atoms with Crippen molar-refractivity contribution < 1.29 is 39.3 Å². The summed E-state index contributed by atoms with van der Waals surface area (Å²) in [4.78, 5) is 67.6. The van der Waals surface area contributed by atoms with Crippen molar-refractivity contribution in [2.24, 2.45) is 11.7 Å². The molecule has 4 rings (SSSR count). The summed E-state index contributed by atoms with van der Waals surface area (Å²) in [7, 11) is 0. The van der Waals surface area contributed by atoms with Gasteiger partial charge in [-0.1, -0.05) is 87.0 Å². The number of benzene rings is 4. The van der Waals surface area contributed by atoms with Crippen LogP contribution in [0.4, 0.5) is 0 Å². The highest BCUT2D eigenvalue weighted by Crippen LogP contribution is 2.18. The molecular formula is C42H51N5O8S. The summed E-state index contributed by atoms with van der Waals surface area (Å²) in [5.74, 6) is -3.70. The molecule has 4 aromatic rings. The molecule has 0 bridgehead atoms. The number of carboxylic acid groups (broad SMARTS) is 1. The van der Waals surface area contributed by atoms with E-state index in [0.29, 0.717) is 28.9 Å². The number of phenolic OH excluding ortho intramolecular Hbond substituents is 2. The second-order valence-electron chi connectivity index (χ2n) is 13.9. The Morgan fingerprint density at radius 3 is 1.68 bits per heavy atom. The SMILES string of the molecule is CC[C@H](C)[C@H](NC(=O)[C@H](Cc1ccc(O)cc1)NC(=O)[C@H](Cc1ccc2ccccc2c1)NC(=O)[C@H](CCSC)NC(=O)[C@@H](N)Cc1ccc(O)cc1)C(=O)O. The molecule has 14 heteroatoms. The van der Waals surface area contributed by atoms with Gasteiger partial charge in [-0.05, 0) is 82.5 Å². The van der Waals surface area contributed by atoms with Crippen LogP contribution in [0.25, 0.3) is 10.8 Å². The van der Waals surface area contributed by atoms with Crippen molar-refractivity contribution in [1.82, 2.24) is 21.3 Å². The molecule has 0 fully saturated rings. The number of carbonyl (C=O) groups is 5. The maximum absolute atomic E-state index is 14.3. The first-order chi connectivity index (χ1) is 26.8. The standard InChI is InChI=1S/C42H51N5O8S/c1-4-25(2)37(42(54)55)47-41(53)35(23-27-12-17-32(49)18-13-27)46-40(52)36(24-28-9-14-29-7-5-6-8-30(29)21-28)45-39(51)34(19-20-56-3)44-38(50)33(43)22-26-10-15-31(48)16-11-26/h5-18,21,25,33-37,48-49H,4,19-20,22-24,43H2,1-3H3,(H,44,50)(H,45,51)(H,46,52)(H,47,53)(H,54,55)/t25-,33-,34-,35-,36-,37-/m0/s1. The second kappa shape index (κ2) is 20.9. The molecule has 0 saturated carbocycles. The molecule has 0 spiro atoms. The molecule has 298 valence electrons. The van der Waals surface area contributed by atoms with Crippen molar-refractivity contribution in [1.29, 1.82) is 0 Å². The summed E-state index contributed by atoms with van der Waals surface area (Å²) in [6, 6.07) is 19.9. The molecule has 6 atom stereocenters. The minimum absolute atomic E-state index is 0.00379. The van der Waals surface area contributed by atoms with Crippen LogP contribution in [0, 0.1) is 5.92 Å². The van der Waals surface area contributed by atoms with Gasteiger partial charge < -0.3 is 42.3 Å². The van der Waals surface area contributed by atoms with Gasteiger partial charge in [-0.2, -0.15) is 11.8 Å². The molecule has 56 heavy (non-hydrogen) atoms. The molecule has 0 heterocycles. The minimum atomic E-state index is -1.26. The van der Waals surface area contributed by atoms with Crippen molar-refractivity contribution in [3.63, 3.8) is 0 Å². The molecule has 4 amide bonds. The van der Waals surface area contributed by atoms with E-state index in [9.17, 15) is 39.3 Å². The number of fused-ring (bicyclic) bond motifs is 1. The van der Waals surface area contributed by atoms with E-state index in [-0.39, 0.29) is 37.2 Å². The van der Waals surface area contributed by atoms with Gasteiger partial charge in [0.25, 0.3) is 0 Å². The highest BCUT2D eigenvalue weighted by Gasteiger charge is 2.33. The van der Waals surface area contributed by atoms with E-state index in [1.165, 1.54) is 36.0 Å². The maximum Gasteiger partial charge on any atom is 0.326 e. The van der Waals surface area contributed by atoms with Crippen LogP contribution in [0.3, 0.4) is 0 Å². The third-order valence-corrected chi connectivity index (χ3v) is 10.3. The Morgan fingerprint density at radius 2 is 1.12 bits per heavy atom. The Hall–Kier alpha value is -5.60. The van der Waals surface area contributed by atoms with E-state index in [2.05, 4.69) is 21.3 Å². The summed E-state index contributed by atoms with van der Waals surface area (Å²) in [5, 5.41) is 42.2. The van der Waals surface area contributed by atoms with Crippen LogP contribution >= 0.6 is 11.8 Å². The Labute approximate surface area is 330 Å². The number of carboxylic acids is 1. The van der Waals surface area contributed by atoms with E-state index < -0.39 is 65.7 Å². The van der Waals surface area contributed by atoms with E-state index in [4.69, 9.17) is 5.73 Å². The van der Waals surface area contributed by atoms with Gasteiger partial charge in [0.2, 0.25) is 23.6 Å². The lowest BCUT2D eigenvalue weighted by Gasteiger charge is -2.27. The molecule has 0 aliphatic heterocycles. The molecule has 13 nitrogen and oxygen atoms in total. The van der Waals surface area contributed by atoms with Crippen molar-refractivity contribution in [2.45, 2.75) is 76.2 Å². The summed E-state index contributed by atoms with van der Waals surface area (Å²) >= 11 is 1.47. The second-order valence-corrected chi connectivity index (χ2v) is 14.9. The zero-order valence-corrected chi connectivity index (χ0v) is 32.6. The van der Waals surface area contributed by atoms with Crippen LogP contribution in [-0.4, -0.2) is 87.1 Å². The van der Waals surface area contributed by atoms with Crippen LogP contribution < -0.4 is 27.0 Å². The number of thioether (sulfide) groups is 1. The zero-order valence-electron chi connectivity index (χ0n) is 31.7. The van der Waals surface area contributed by atoms with Gasteiger partial charge >= 0.3 is 5.97 Å². The molecule has 4 aromatic carbocycles. The number of amides is 4. The lowest BCUT2D eigenvalue weighted by atomic mass is 9.97. The molecular weight excluding hydrogens is 735 g/mol. The highest BCUT2D eigenvalue weighted by molar-refractivity contribution is 7.98. The Balaban J connectivity index is 1.62. The fraction of sp³-hybridized carbons (Fsp3) is 0.357. The van der Waals surface area contributed by atoms with Gasteiger partial charge in [0, 0.05) is 12.8 Å². The summed E-state index contributed by atoms with van der Waals surface area (Å²) < 4.78 is 0. The normalized spacial score (nSPS) is 14.4. The van der Waals surface area contributed by atoms with Crippen LogP contribution in [0.1, 0.15) is 43.4 Å². The number of phenols is 2. The van der Waals surface area contributed by atoms with Crippen LogP contribution in [0.2, 0.25) is 0 Å². The van der Waals surface area contributed by atoms with Gasteiger partial charge in [0.05, 0.1) is 6.04 Å². The lowest BCUT2D eigenvalue weighted by Crippen LogP contribution is -2.59. The first-order valence-electron chi connectivity index (χ1n) is 18.5. The monoisotopic (exact) mass is 785 g/mol. The third kappa shape index (κ3) is 12.7. The molecule has 0 radical (unpaired) electrons. The van der Waals surface area contributed by atoms with E-state index in [1.54, 1.807) is 38.1 Å². The molecule has 0 aliphatic carbocycles. The van der Waals surface area contributed by atoms with Crippen molar-refractivity contribution in [3.05, 3.63) is 108 Å². The number of rotatable bonds is 20. The predicted octanol–water partition coefficient (Wildman–Crippen LogP) is 3.43. The van der Waals surface area contributed by atoms with Gasteiger partial charge in [-0.25, -0.2) is 4.79 Å². The van der Waals surface area contributed by atoms with Crippen LogP contribution in [0.5, 0.6) is 11.5 Å². The summed E-state index contributed by atoms with van der Waals surface area (Å²) in [5.41, 5.74) is 8.24. The average Bonchev–Trinajstić information content (AvgIpc) is 3.18. The first kappa shape index (κ1) is 43.1. The van der Waals surface area contributed by atoms with E-state index >= 15 is 0 Å². The zero-order chi connectivity index (χ0) is 40.8. The topological polar surface area (TPSA) is 220 Å². The van der Waals surface area contributed by atoms with E-state index in [0.717, 1.165) is 10.8 Å². The fourth-order valence-corrected chi connectivity index (χ4v) is 6.60. The molecule has 0 saturated heterocycles. The van der Waals surface area contributed by atoms with Crippen molar-refractivity contribution in [3.8, 4) is 11.5 Å². The first-order valence-corrected chi connectivity index (χ1v) is 19.9. The Morgan fingerprint density at radius 1 is 0.643 bits per heavy atom. The van der Waals surface area contributed by atoms with Crippen LogP contribution in [-0.2, 0) is 43.2 Å². The van der Waals surface area contributed by atoms with Crippen LogP contribution in [0.15, 0.2) is 91.0 Å². The van der Waals surface area contributed by atoms with E-state index in [1.807, 2.05) is 48.7 Å². The summed E-state index contributed by atoms with van der Waals surface area (Å²) in [6.07, 6.45) is 2.69. The number of nitrogens with one attached hydrogen (secondary N) is 4. The van der Waals surface area contributed by atoms with Crippen molar-refractivity contribution >= 4 is 52.1 Å². The predicted molar refractivity (Wildman–Crippen MR) is 217 cm³/mol. The van der Waals surface area contributed by atoms with Gasteiger partial charge in [0.1, 0.15) is 35.7 Å². The largest absolute Gasteiger partial charge is 0.508 e. The average molecular weight is 786 g/mol. The van der Waals surface area contributed by atoms with Gasteiger partial charge in [0.15, 0.2) is 0 Å². The van der Waals surface area contributed by atoms with Gasteiger partial charge in [-0.3, -0.25) is 19.2 Å². The van der Waals surface area contributed by atoms with Crippen molar-refractivity contribution in [2.75, 3.05) is 12.0 Å². The molecule has 0 unspecified atom stereocenters. The number of aliphatic carboxylic acids is 1. The number of carbonyl (C=O) groups excluding carboxylic acids is 4. The smallest absolute Gasteiger partial charge is 0.326 e. The molecule has 9 N–H and O–H groups in total. The fourth-order valence-electron chi connectivity index (χ4n) is 6.13. The quantitative estimate of drug-likeness (QED) is 0.0653. The highest BCUT2D eigenvalue weighted by atomic mass is 32.2. The number of nitrogens with two attached hydrogens (primary N) is 1. The number of hydrogen-bond donors (Lipinski definition) is 8. The summed E-state index contributed by atoms with van der Waals surface area (Å²) in [6.45, 7) is 3.51. The lowest BCUT2D eigenvalue weighted by molar-refractivity contribution is -0.143. The third-order valence-electron chi connectivity index (χ3n) is 9.64. The minimum Gasteiger partial charge on any atom is -0.508 e. The maximum atomic E-state index is 14.3. The molecule has 0 aromatic heterocycles. The van der Waals surface area contributed by atoms with Gasteiger partial charge in [-0.15, -0.1) is 0 Å².